The molecule has 0 aliphatic carbocycles. The quantitative estimate of drug-likeness (QED) is 0.471. The zero-order valence-electron chi connectivity index (χ0n) is 12.4. The summed E-state index contributed by atoms with van der Waals surface area (Å²) in [6.07, 6.45) is 1.73. The van der Waals surface area contributed by atoms with Crippen molar-refractivity contribution in [2.24, 2.45) is 0 Å². The van der Waals surface area contributed by atoms with E-state index < -0.39 is 18.2 Å². The Balaban J connectivity index is 1.62. The largest absolute Gasteiger partial charge is 0.489 e. The minimum absolute atomic E-state index is 0.241. The van der Waals surface area contributed by atoms with Crippen LogP contribution in [0, 0.1) is 0 Å². The molecule has 0 amide bonds. The van der Waals surface area contributed by atoms with Gasteiger partial charge in [0.05, 0.1) is 17.8 Å². The zero-order chi connectivity index (χ0) is 16.0. The van der Waals surface area contributed by atoms with Crippen LogP contribution in [0.1, 0.15) is 18.4 Å². The highest BCUT2D eigenvalue weighted by molar-refractivity contribution is 5.93. The molecule has 0 N–H and O–H groups in total. The Labute approximate surface area is 132 Å². The average molecular weight is 314 g/mol. The Hall–Kier alpha value is -2.76. The lowest BCUT2D eigenvalue weighted by Gasteiger charge is -2.26. The van der Waals surface area contributed by atoms with Crippen molar-refractivity contribution in [3.8, 4) is 5.75 Å². The Morgan fingerprint density at radius 1 is 1.17 bits per heavy atom. The molecule has 3 unspecified atom stereocenters. The Bertz CT molecular complexity index is 747. The summed E-state index contributed by atoms with van der Waals surface area (Å²) < 4.78 is 21.4. The summed E-state index contributed by atoms with van der Waals surface area (Å²) in [5, 5.41) is 0. The molecule has 3 heterocycles. The predicted octanol–water partition coefficient (Wildman–Crippen LogP) is 1.82. The summed E-state index contributed by atoms with van der Waals surface area (Å²) in [4.78, 5) is 23.5. The van der Waals surface area contributed by atoms with Crippen molar-refractivity contribution in [2.45, 2.75) is 25.2 Å². The third-order valence-corrected chi connectivity index (χ3v) is 4.12. The van der Waals surface area contributed by atoms with E-state index in [2.05, 4.69) is 0 Å². The monoisotopic (exact) mass is 314 g/mol. The number of carbonyl (C=O) groups excluding carboxylic acids is 2. The van der Waals surface area contributed by atoms with E-state index in [1.165, 1.54) is 6.26 Å². The fraction of sp³-hybridized carbons (Fsp3) is 0.294. The molecule has 0 saturated carbocycles. The summed E-state index contributed by atoms with van der Waals surface area (Å²) in [6.45, 7) is 1.95. The minimum Gasteiger partial charge on any atom is -0.489 e. The highest BCUT2D eigenvalue weighted by Crippen LogP contribution is 2.44. The van der Waals surface area contributed by atoms with Gasteiger partial charge in [-0.3, -0.25) is 0 Å². The van der Waals surface area contributed by atoms with Crippen LogP contribution in [0.4, 0.5) is 0 Å². The molecule has 1 aromatic rings. The molecule has 4 rings (SSSR count). The molecule has 3 aliphatic rings. The molecule has 23 heavy (non-hydrogen) atoms. The van der Waals surface area contributed by atoms with Gasteiger partial charge in [-0.05, 0) is 13.0 Å². The first-order valence-electron chi connectivity index (χ1n) is 7.31. The lowest BCUT2D eigenvalue weighted by Crippen LogP contribution is -2.28. The van der Waals surface area contributed by atoms with Crippen LogP contribution in [0.15, 0.2) is 47.7 Å². The summed E-state index contributed by atoms with van der Waals surface area (Å²) in [5.74, 6) is -0.363. The lowest BCUT2D eigenvalue weighted by molar-refractivity contribution is -0.152. The Kier molecular flexibility index (Phi) is 3.11. The predicted molar refractivity (Wildman–Crippen MR) is 77.4 cm³/mol. The topological polar surface area (TPSA) is 71.1 Å². The summed E-state index contributed by atoms with van der Waals surface area (Å²) in [5.41, 5.74) is 1.77. The van der Waals surface area contributed by atoms with Crippen molar-refractivity contribution in [3.63, 3.8) is 0 Å². The number of carbonyl (C=O) groups is 2. The van der Waals surface area contributed by atoms with Crippen molar-refractivity contribution in [1.29, 1.82) is 0 Å². The number of hydrogen-bond acceptors (Lipinski definition) is 6. The maximum atomic E-state index is 12.1. The summed E-state index contributed by atoms with van der Waals surface area (Å²) in [6, 6.07) is 7.53. The first kappa shape index (κ1) is 13.9. The van der Waals surface area contributed by atoms with Gasteiger partial charge in [0.1, 0.15) is 18.5 Å². The molecule has 6 heteroatoms. The second kappa shape index (κ2) is 5.15. The molecule has 118 valence electrons. The highest BCUT2D eigenvalue weighted by atomic mass is 16.7. The molecular weight excluding hydrogens is 300 g/mol. The molecule has 1 saturated heterocycles. The molecule has 6 nitrogen and oxygen atoms in total. The fourth-order valence-electron chi connectivity index (χ4n) is 2.97. The molecular formula is C17H14O6. The van der Waals surface area contributed by atoms with E-state index in [0.717, 1.165) is 11.3 Å². The maximum Gasteiger partial charge on any atom is 0.338 e. The van der Waals surface area contributed by atoms with Crippen LogP contribution in [0.25, 0.3) is 0 Å². The third-order valence-electron chi connectivity index (χ3n) is 4.12. The van der Waals surface area contributed by atoms with Crippen LogP contribution in [0.2, 0.25) is 0 Å². The Morgan fingerprint density at radius 2 is 2.00 bits per heavy atom. The molecule has 0 spiro atoms. The van der Waals surface area contributed by atoms with Gasteiger partial charge < -0.3 is 18.9 Å². The van der Waals surface area contributed by atoms with E-state index in [1.807, 2.05) is 24.3 Å². The molecule has 1 fully saturated rings. The molecule has 3 atom stereocenters. The normalized spacial score (nSPS) is 30.0. The first-order chi connectivity index (χ1) is 11.1. The van der Waals surface area contributed by atoms with Gasteiger partial charge in [-0.2, -0.15) is 0 Å². The van der Waals surface area contributed by atoms with E-state index in [9.17, 15) is 9.59 Å². The average Bonchev–Trinajstić information content (AvgIpc) is 3.04. The van der Waals surface area contributed by atoms with Crippen molar-refractivity contribution in [2.75, 3.05) is 6.61 Å². The van der Waals surface area contributed by atoms with Crippen molar-refractivity contribution in [3.05, 3.63) is 53.3 Å². The molecule has 3 aliphatic heterocycles. The van der Waals surface area contributed by atoms with Gasteiger partial charge in [0, 0.05) is 17.2 Å². The summed E-state index contributed by atoms with van der Waals surface area (Å²) >= 11 is 0. The minimum atomic E-state index is -0.808. The molecule has 1 aromatic carbocycles. The van der Waals surface area contributed by atoms with Crippen LogP contribution in [0.5, 0.6) is 5.75 Å². The SMILES string of the molecule is CC1=CC(O/C=C2/C(=O)OC3COc4ccccc4C23)OC1=O. The number of para-hydroxylation sites is 1. The lowest BCUT2D eigenvalue weighted by atomic mass is 9.87. The van der Waals surface area contributed by atoms with Crippen LogP contribution in [-0.2, 0) is 23.8 Å². The van der Waals surface area contributed by atoms with Crippen LogP contribution in [-0.4, -0.2) is 30.9 Å². The number of cyclic esters (lactones) is 1. The van der Waals surface area contributed by atoms with Crippen molar-refractivity contribution >= 4 is 11.9 Å². The zero-order valence-corrected chi connectivity index (χ0v) is 12.4. The van der Waals surface area contributed by atoms with E-state index in [-0.39, 0.29) is 12.0 Å². The Morgan fingerprint density at radius 3 is 2.78 bits per heavy atom. The number of hydrogen-bond donors (Lipinski definition) is 0. The number of benzene rings is 1. The van der Waals surface area contributed by atoms with Gasteiger partial charge >= 0.3 is 11.9 Å². The van der Waals surface area contributed by atoms with E-state index in [0.29, 0.717) is 17.8 Å². The van der Waals surface area contributed by atoms with Crippen LogP contribution >= 0.6 is 0 Å². The standard InChI is InChI=1S/C17H14O6/c1-9-6-14(23-16(9)18)21-7-11-15-10-4-2-3-5-12(10)20-8-13(15)22-17(11)19/h2-7,13-15H,8H2,1H3/b11-7+. The van der Waals surface area contributed by atoms with Gasteiger partial charge in [-0.15, -0.1) is 0 Å². The fourth-order valence-corrected chi connectivity index (χ4v) is 2.97. The number of fused-ring (bicyclic) bond motifs is 3. The molecule has 0 aromatic heterocycles. The number of rotatable bonds is 2. The van der Waals surface area contributed by atoms with Gasteiger partial charge in [-0.1, -0.05) is 18.2 Å². The van der Waals surface area contributed by atoms with Crippen LogP contribution in [0.3, 0.4) is 0 Å². The highest BCUT2D eigenvalue weighted by Gasteiger charge is 2.45. The molecule has 0 bridgehead atoms. The van der Waals surface area contributed by atoms with E-state index in [4.69, 9.17) is 18.9 Å². The van der Waals surface area contributed by atoms with E-state index in [1.54, 1.807) is 13.0 Å². The van der Waals surface area contributed by atoms with Gasteiger partial charge in [-0.25, -0.2) is 9.59 Å². The van der Waals surface area contributed by atoms with Crippen molar-refractivity contribution < 1.29 is 28.5 Å². The number of esters is 2. The molecule has 0 radical (unpaired) electrons. The van der Waals surface area contributed by atoms with Gasteiger partial charge in [0.2, 0.25) is 0 Å². The maximum absolute atomic E-state index is 12.1. The third kappa shape index (κ3) is 2.27. The van der Waals surface area contributed by atoms with Crippen molar-refractivity contribution in [1.82, 2.24) is 0 Å². The van der Waals surface area contributed by atoms with Gasteiger partial charge in [0.25, 0.3) is 6.29 Å². The first-order valence-corrected chi connectivity index (χ1v) is 7.31. The summed E-state index contributed by atoms with van der Waals surface area (Å²) in [7, 11) is 0. The number of ether oxygens (including phenoxy) is 4. The van der Waals surface area contributed by atoms with E-state index >= 15 is 0 Å². The van der Waals surface area contributed by atoms with Gasteiger partial charge in [0.15, 0.2) is 0 Å². The second-order valence-corrected chi connectivity index (χ2v) is 5.60. The second-order valence-electron chi connectivity index (χ2n) is 5.60. The van der Waals surface area contributed by atoms with Crippen LogP contribution < -0.4 is 4.74 Å². The smallest absolute Gasteiger partial charge is 0.338 e.